The lowest BCUT2D eigenvalue weighted by atomic mass is 10.1. The number of benzene rings is 2. The summed E-state index contributed by atoms with van der Waals surface area (Å²) >= 11 is 3.41. The van der Waals surface area contributed by atoms with Crippen molar-refractivity contribution in [1.29, 1.82) is 0 Å². The molecule has 0 spiro atoms. The lowest BCUT2D eigenvalue weighted by molar-refractivity contribution is 0.622. The second kappa shape index (κ2) is 5.98. The van der Waals surface area contributed by atoms with Gasteiger partial charge >= 0.3 is 0 Å². The highest BCUT2D eigenvalue weighted by Crippen LogP contribution is 2.22. The largest absolute Gasteiger partial charge is 0.377 e. The van der Waals surface area contributed by atoms with Crippen LogP contribution in [0.15, 0.2) is 53.0 Å². The maximum absolute atomic E-state index is 13.2. The molecular weight excluding hydrogens is 295 g/mol. The Morgan fingerprint density at radius 3 is 2.61 bits per heavy atom. The molecule has 0 aliphatic rings. The Kier molecular flexibility index (Phi) is 4.33. The van der Waals surface area contributed by atoms with Crippen LogP contribution in [0.2, 0.25) is 0 Å². The van der Waals surface area contributed by atoms with Gasteiger partial charge in [-0.25, -0.2) is 4.39 Å². The second-order valence-electron chi connectivity index (χ2n) is 4.00. The molecule has 2 nitrogen and oxygen atoms in total. The van der Waals surface area contributed by atoms with Crippen molar-refractivity contribution in [2.75, 3.05) is 11.9 Å². The molecule has 0 radical (unpaired) electrons. The topological polar surface area (TPSA) is 38.0 Å². The van der Waals surface area contributed by atoms with Gasteiger partial charge in [-0.05, 0) is 35.9 Å². The van der Waals surface area contributed by atoms with Gasteiger partial charge in [0.25, 0.3) is 0 Å². The van der Waals surface area contributed by atoms with Gasteiger partial charge in [-0.15, -0.1) is 0 Å². The number of halogens is 2. The highest BCUT2D eigenvalue weighted by atomic mass is 79.9. The van der Waals surface area contributed by atoms with Crippen LogP contribution in [0.1, 0.15) is 11.6 Å². The van der Waals surface area contributed by atoms with Gasteiger partial charge in [0.1, 0.15) is 5.82 Å². The van der Waals surface area contributed by atoms with E-state index in [-0.39, 0.29) is 11.9 Å². The van der Waals surface area contributed by atoms with Crippen molar-refractivity contribution in [2.45, 2.75) is 6.04 Å². The first kappa shape index (κ1) is 13.1. The Morgan fingerprint density at radius 1 is 1.17 bits per heavy atom. The number of rotatable bonds is 4. The molecule has 0 amide bonds. The van der Waals surface area contributed by atoms with E-state index in [1.165, 1.54) is 12.1 Å². The van der Waals surface area contributed by atoms with Crippen LogP contribution in [-0.4, -0.2) is 6.54 Å². The minimum absolute atomic E-state index is 0.102. The third kappa shape index (κ3) is 3.31. The summed E-state index contributed by atoms with van der Waals surface area (Å²) in [4.78, 5) is 0. The zero-order chi connectivity index (χ0) is 13.0. The van der Waals surface area contributed by atoms with Crippen LogP contribution in [0.3, 0.4) is 0 Å². The van der Waals surface area contributed by atoms with E-state index in [2.05, 4.69) is 21.2 Å². The summed E-state index contributed by atoms with van der Waals surface area (Å²) in [6.45, 7) is 0.399. The van der Waals surface area contributed by atoms with Gasteiger partial charge in [0, 0.05) is 16.7 Å². The minimum Gasteiger partial charge on any atom is -0.377 e. The third-order valence-corrected chi connectivity index (χ3v) is 3.15. The molecule has 94 valence electrons. The molecule has 0 aliphatic carbocycles. The quantitative estimate of drug-likeness (QED) is 0.904. The summed E-state index contributed by atoms with van der Waals surface area (Å²) in [5, 5.41) is 3.29. The monoisotopic (exact) mass is 308 g/mol. The number of nitrogens with one attached hydrogen (secondary N) is 1. The average Bonchev–Trinajstić information content (AvgIpc) is 2.36. The van der Waals surface area contributed by atoms with Crippen LogP contribution in [-0.2, 0) is 0 Å². The predicted octanol–water partition coefficient (Wildman–Crippen LogP) is 3.70. The average molecular weight is 309 g/mol. The molecule has 0 aromatic heterocycles. The summed E-state index contributed by atoms with van der Waals surface area (Å²) < 4.78 is 14.2. The van der Waals surface area contributed by atoms with Gasteiger partial charge < -0.3 is 11.1 Å². The third-order valence-electron chi connectivity index (χ3n) is 2.65. The van der Waals surface area contributed by atoms with Crippen LogP contribution < -0.4 is 11.1 Å². The summed E-state index contributed by atoms with van der Waals surface area (Å²) in [5.41, 5.74) is 7.54. The van der Waals surface area contributed by atoms with E-state index < -0.39 is 0 Å². The molecule has 1 atom stereocenters. The van der Waals surface area contributed by atoms with Gasteiger partial charge in [0.2, 0.25) is 0 Å². The van der Waals surface area contributed by atoms with E-state index in [0.29, 0.717) is 6.54 Å². The van der Waals surface area contributed by atoms with Crippen molar-refractivity contribution in [1.82, 2.24) is 0 Å². The van der Waals surface area contributed by atoms with Crippen molar-refractivity contribution < 1.29 is 4.39 Å². The zero-order valence-corrected chi connectivity index (χ0v) is 11.3. The van der Waals surface area contributed by atoms with Gasteiger partial charge in [-0.1, -0.05) is 34.1 Å². The molecule has 0 aliphatic heterocycles. The number of anilines is 1. The van der Waals surface area contributed by atoms with E-state index in [1.807, 2.05) is 30.3 Å². The van der Waals surface area contributed by atoms with Crippen molar-refractivity contribution in [3.63, 3.8) is 0 Å². The SMILES string of the molecule is NCC(Nc1cccc(Br)c1)c1cccc(F)c1. The molecule has 0 fully saturated rings. The fourth-order valence-electron chi connectivity index (χ4n) is 1.78. The standard InChI is InChI=1S/C14H14BrFN2/c15-11-4-2-6-13(8-11)18-14(9-17)10-3-1-5-12(16)7-10/h1-8,14,18H,9,17H2. The summed E-state index contributed by atoms with van der Waals surface area (Å²) in [7, 11) is 0. The van der Waals surface area contributed by atoms with Crippen molar-refractivity contribution in [2.24, 2.45) is 5.73 Å². The molecule has 2 aromatic rings. The number of nitrogens with two attached hydrogens (primary N) is 1. The molecule has 2 aromatic carbocycles. The predicted molar refractivity (Wildman–Crippen MR) is 76.0 cm³/mol. The van der Waals surface area contributed by atoms with Crippen molar-refractivity contribution in [3.8, 4) is 0 Å². The van der Waals surface area contributed by atoms with Gasteiger partial charge in [-0.2, -0.15) is 0 Å². The van der Waals surface area contributed by atoms with E-state index >= 15 is 0 Å². The first-order valence-corrected chi connectivity index (χ1v) is 6.46. The Labute approximate surface area is 114 Å². The van der Waals surface area contributed by atoms with Crippen LogP contribution in [0.4, 0.5) is 10.1 Å². The zero-order valence-electron chi connectivity index (χ0n) is 9.74. The molecule has 1 unspecified atom stereocenters. The number of hydrogen-bond acceptors (Lipinski definition) is 2. The van der Waals surface area contributed by atoms with Crippen molar-refractivity contribution >= 4 is 21.6 Å². The molecule has 0 saturated carbocycles. The van der Waals surface area contributed by atoms with Gasteiger partial charge in [0.05, 0.1) is 6.04 Å². The van der Waals surface area contributed by atoms with Crippen LogP contribution >= 0.6 is 15.9 Å². The molecule has 4 heteroatoms. The van der Waals surface area contributed by atoms with Crippen molar-refractivity contribution in [3.05, 3.63) is 64.4 Å². The molecular formula is C14H14BrFN2. The fourth-order valence-corrected chi connectivity index (χ4v) is 2.18. The lowest BCUT2D eigenvalue weighted by Gasteiger charge is -2.18. The molecule has 0 saturated heterocycles. The highest BCUT2D eigenvalue weighted by molar-refractivity contribution is 9.10. The molecule has 0 bridgehead atoms. The number of hydrogen-bond donors (Lipinski definition) is 2. The second-order valence-corrected chi connectivity index (χ2v) is 4.91. The van der Waals surface area contributed by atoms with E-state index in [4.69, 9.17) is 5.73 Å². The Bertz CT molecular complexity index is 531. The Morgan fingerprint density at radius 2 is 1.94 bits per heavy atom. The van der Waals surface area contributed by atoms with E-state index in [9.17, 15) is 4.39 Å². The Balaban J connectivity index is 2.19. The molecule has 2 rings (SSSR count). The smallest absolute Gasteiger partial charge is 0.123 e. The first-order valence-electron chi connectivity index (χ1n) is 5.66. The van der Waals surface area contributed by atoms with E-state index in [0.717, 1.165) is 15.7 Å². The highest BCUT2D eigenvalue weighted by Gasteiger charge is 2.10. The normalized spacial score (nSPS) is 12.2. The molecule has 18 heavy (non-hydrogen) atoms. The van der Waals surface area contributed by atoms with Crippen LogP contribution in [0, 0.1) is 5.82 Å². The molecule has 0 heterocycles. The Hall–Kier alpha value is -1.39. The van der Waals surface area contributed by atoms with Crippen LogP contribution in [0.25, 0.3) is 0 Å². The van der Waals surface area contributed by atoms with Crippen LogP contribution in [0.5, 0.6) is 0 Å². The molecule has 3 N–H and O–H groups in total. The fraction of sp³-hybridized carbons (Fsp3) is 0.143. The van der Waals surface area contributed by atoms with Gasteiger partial charge in [0.15, 0.2) is 0 Å². The minimum atomic E-state index is -0.248. The summed E-state index contributed by atoms with van der Waals surface area (Å²) in [5.74, 6) is -0.248. The maximum Gasteiger partial charge on any atom is 0.123 e. The first-order chi connectivity index (χ1) is 8.69. The maximum atomic E-state index is 13.2. The van der Waals surface area contributed by atoms with E-state index in [1.54, 1.807) is 6.07 Å². The summed E-state index contributed by atoms with van der Waals surface area (Å²) in [6.07, 6.45) is 0. The summed E-state index contributed by atoms with van der Waals surface area (Å²) in [6, 6.07) is 14.2. The lowest BCUT2D eigenvalue weighted by Crippen LogP contribution is -2.20. The van der Waals surface area contributed by atoms with Gasteiger partial charge in [-0.3, -0.25) is 0 Å².